The number of aryl methyl sites for hydroxylation is 1. The minimum atomic E-state index is 0. The van der Waals surface area contributed by atoms with Gasteiger partial charge in [-0.25, -0.2) is 4.98 Å². The van der Waals surface area contributed by atoms with Gasteiger partial charge in [-0.3, -0.25) is 4.79 Å². The van der Waals surface area contributed by atoms with Crippen LogP contribution in [0.25, 0.3) is 11.1 Å². The van der Waals surface area contributed by atoms with Crippen molar-refractivity contribution in [2.75, 3.05) is 20.1 Å². The highest BCUT2D eigenvalue weighted by atomic mass is 35.5. The van der Waals surface area contributed by atoms with Crippen molar-refractivity contribution in [1.29, 1.82) is 0 Å². The number of nitrogens with zero attached hydrogens (tertiary/aromatic N) is 3. The van der Waals surface area contributed by atoms with Crippen LogP contribution in [-0.2, 0) is 6.42 Å². The Morgan fingerprint density at radius 3 is 3.09 bits per heavy atom. The Morgan fingerprint density at radius 1 is 1.55 bits per heavy atom. The lowest BCUT2D eigenvalue weighted by Gasteiger charge is -2.24. The summed E-state index contributed by atoms with van der Waals surface area (Å²) in [6.07, 6.45) is 4.46. The number of halogens is 1. The number of nitrogens with one attached hydrogen (secondary N) is 1. The number of rotatable bonds is 4. The maximum atomic E-state index is 12.7. The molecule has 0 bridgehead atoms. The van der Waals surface area contributed by atoms with Crippen molar-refractivity contribution in [1.82, 2.24) is 20.4 Å². The molecule has 0 aromatic carbocycles. The lowest BCUT2D eigenvalue weighted by atomic mass is 10.1. The fourth-order valence-electron chi connectivity index (χ4n) is 2.97. The van der Waals surface area contributed by atoms with Crippen molar-refractivity contribution in [2.24, 2.45) is 0 Å². The molecule has 3 heterocycles. The van der Waals surface area contributed by atoms with Crippen molar-refractivity contribution in [3.8, 4) is 0 Å². The third kappa shape index (κ3) is 2.94. The van der Waals surface area contributed by atoms with Gasteiger partial charge in [0.1, 0.15) is 0 Å². The zero-order chi connectivity index (χ0) is 14.8. The standard InChI is InChI=1S/C15H20N4O2.ClH/c1-3-13-12-7-10(8-17-14(12)21-18-13)15(20)19-6-4-5-11(19)9-16-2;/h7-8,11,16H,3-6,9H2,1-2H3;1H. The smallest absolute Gasteiger partial charge is 0.257 e. The van der Waals surface area contributed by atoms with E-state index in [1.807, 2.05) is 24.9 Å². The minimum absolute atomic E-state index is 0. The molecule has 1 saturated heterocycles. The lowest BCUT2D eigenvalue weighted by molar-refractivity contribution is 0.0737. The first kappa shape index (κ1) is 16.7. The van der Waals surface area contributed by atoms with Gasteiger partial charge in [-0.15, -0.1) is 12.4 Å². The van der Waals surface area contributed by atoms with Crippen LogP contribution in [0.3, 0.4) is 0 Å². The van der Waals surface area contributed by atoms with Crippen LogP contribution in [0.5, 0.6) is 0 Å². The number of pyridine rings is 1. The van der Waals surface area contributed by atoms with Crippen LogP contribution in [0.2, 0.25) is 0 Å². The molecule has 0 saturated carbocycles. The van der Waals surface area contributed by atoms with Crippen molar-refractivity contribution in [3.05, 3.63) is 23.5 Å². The zero-order valence-electron chi connectivity index (χ0n) is 12.8. The van der Waals surface area contributed by atoms with Gasteiger partial charge in [0.25, 0.3) is 11.6 Å². The first-order chi connectivity index (χ1) is 10.2. The van der Waals surface area contributed by atoms with Gasteiger partial charge in [0.05, 0.1) is 16.6 Å². The molecule has 1 amide bonds. The molecule has 1 atom stereocenters. The summed E-state index contributed by atoms with van der Waals surface area (Å²) in [5.74, 6) is 0.0467. The molecule has 1 fully saturated rings. The van der Waals surface area contributed by atoms with Gasteiger partial charge in [0, 0.05) is 25.3 Å². The molecular formula is C15H21ClN4O2. The predicted molar refractivity (Wildman–Crippen MR) is 86.4 cm³/mol. The van der Waals surface area contributed by atoms with Crippen LogP contribution in [0, 0.1) is 0 Å². The molecule has 120 valence electrons. The van der Waals surface area contributed by atoms with Gasteiger partial charge < -0.3 is 14.7 Å². The first-order valence-electron chi connectivity index (χ1n) is 7.44. The molecule has 1 N–H and O–H groups in total. The second-order valence-corrected chi connectivity index (χ2v) is 5.41. The number of hydrogen-bond acceptors (Lipinski definition) is 5. The number of fused-ring (bicyclic) bond motifs is 1. The quantitative estimate of drug-likeness (QED) is 0.931. The Morgan fingerprint density at radius 2 is 2.36 bits per heavy atom. The van der Waals surface area contributed by atoms with E-state index in [0.29, 0.717) is 11.3 Å². The highest BCUT2D eigenvalue weighted by Gasteiger charge is 2.29. The SMILES string of the molecule is CCc1noc2ncc(C(=O)N3CCCC3CNC)cc12.Cl. The molecule has 7 heteroatoms. The summed E-state index contributed by atoms with van der Waals surface area (Å²) in [7, 11) is 1.92. The normalized spacial score (nSPS) is 17.7. The largest absolute Gasteiger partial charge is 0.336 e. The van der Waals surface area contributed by atoms with Crippen LogP contribution in [0.15, 0.2) is 16.8 Å². The van der Waals surface area contributed by atoms with E-state index in [1.54, 1.807) is 6.20 Å². The average Bonchev–Trinajstić information content (AvgIpc) is 3.12. The van der Waals surface area contributed by atoms with Gasteiger partial charge in [-0.05, 0) is 32.4 Å². The van der Waals surface area contributed by atoms with Crippen LogP contribution in [-0.4, -0.2) is 47.1 Å². The summed E-state index contributed by atoms with van der Waals surface area (Å²) in [5, 5.41) is 7.98. The van der Waals surface area contributed by atoms with E-state index in [9.17, 15) is 4.79 Å². The Kier molecular flexibility index (Phi) is 5.37. The summed E-state index contributed by atoms with van der Waals surface area (Å²) in [5.41, 5.74) is 1.96. The molecular weight excluding hydrogens is 304 g/mol. The molecule has 2 aromatic rings. The van der Waals surface area contributed by atoms with E-state index in [0.717, 1.165) is 43.4 Å². The van der Waals surface area contributed by atoms with Gasteiger partial charge >= 0.3 is 0 Å². The van der Waals surface area contributed by atoms with Crippen molar-refractivity contribution < 1.29 is 9.32 Å². The van der Waals surface area contributed by atoms with Gasteiger partial charge in [-0.1, -0.05) is 12.1 Å². The molecule has 0 spiro atoms. The first-order valence-corrected chi connectivity index (χ1v) is 7.44. The Balaban J connectivity index is 0.00000176. The second-order valence-electron chi connectivity index (χ2n) is 5.41. The number of carbonyl (C=O) groups excluding carboxylic acids is 1. The van der Waals surface area contributed by atoms with E-state index in [-0.39, 0.29) is 24.4 Å². The number of amides is 1. The fourth-order valence-corrected chi connectivity index (χ4v) is 2.97. The van der Waals surface area contributed by atoms with Gasteiger partial charge in [-0.2, -0.15) is 0 Å². The monoisotopic (exact) mass is 324 g/mol. The van der Waals surface area contributed by atoms with E-state index >= 15 is 0 Å². The molecule has 2 aromatic heterocycles. The molecule has 1 aliphatic rings. The highest BCUT2D eigenvalue weighted by molar-refractivity contribution is 5.97. The van der Waals surface area contributed by atoms with Crippen molar-refractivity contribution >= 4 is 29.4 Å². The van der Waals surface area contributed by atoms with Crippen LogP contribution in [0.1, 0.15) is 35.8 Å². The average molecular weight is 325 g/mol. The molecule has 22 heavy (non-hydrogen) atoms. The van der Waals surface area contributed by atoms with Crippen molar-refractivity contribution in [3.63, 3.8) is 0 Å². The third-order valence-electron chi connectivity index (χ3n) is 4.06. The highest BCUT2D eigenvalue weighted by Crippen LogP contribution is 2.22. The number of hydrogen-bond donors (Lipinski definition) is 1. The van der Waals surface area contributed by atoms with E-state index < -0.39 is 0 Å². The van der Waals surface area contributed by atoms with Gasteiger partial charge in [0.2, 0.25) is 0 Å². The molecule has 6 nitrogen and oxygen atoms in total. The summed E-state index contributed by atoms with van der Waals surface area (Å²) in [6, 6.07) is 2.13. The summed E-state index contributed by atoms with van der Waals surface area (Å²) in [4.78, 5) is 18.9. The second kappa shape index (κ2) is 7.07. The van der Waals surface area contributed by atoms with Crippen LogP contribution < -0.4 is 5.32 Å². The summed E-state index contributed by atoms with van der Waals surface area (Å²) >= 11 is 0. The molecule has 1 aliphatic heterocycles. The fraction of sp³-hybridized carbons (Fsp3) is 0.533. The topological polar surface area (TPSA) is 71.3 Å². The molecule has 0 aliphatic carbocycles. The maximum Gasteiger partial charge on any atom is 0.257 e. The minimum Gasteiger partial charge on any atom is -0.336 e. The van der Waals surface area contributed by atoms with E-state index in [2.05, 4.69) is 15.5 Å². The molecule has 0 radical (unpaired) electrons. The predicted octanol–water partition coefficient (Wildman–Crippen LogP) is 2.03. The Labute approximate surface area is 135 Å². The van der Waals surface area contributed by atoms with E-state index in [1.165, 1.54) is 0 Å². The summed E-state index contributed by atoms with van der Waals surface area (Å²) in [6.45, 7) is 3.65. The number of carbonyl (C=O) groups is 1. The van der Waals surface area contributed by atoms with E-state index in [4.69, 9.17) is 4.52 Å². The molecule has 3 rings (SSSR count). The lowest BCUT2D eigenvalue weighted by Crippen LogP contribution is -2.40. The third-order valence-corrected chi connectivity index (χ3v) is 4.06. The number of aromatic nitrogens is 2. The number of likely N-dealkylation sites (tertiary alicyclic amines) is 1. The van der Waals surface area contributed by atoms with Crippen molar-refractivity contribution in [2.45, 2.75) is 32.2 Å². The van der Waals surface area contributed by atoms with Crippen LogP contribution >= 0.6 is 12.4 Å². The zero-order valence-corrected chi connectivity index (χ0v) is 13.7. The Hall–Kier alpha value is -1.66. The summed E-state index contributed by atoms with van der Waals surface area (Å²) < 4.78 is 5.16. The molecule has 1 unspecified atom stereocenters. The Bertz CT molecular complexity index is 658. The number of likely N-dealkylation sites (N-methyl/N-ethyl adjacent to an activating group) is 1. The van der Waals surface area contributed by atoms with Gasteiger partial charge in [0.15, 0.2) is 0 Å². The maximum absolute atomic E-state index is 12.7. The van der Waals surface area contributed by atoms with Crippen LogP contribution in [0.4, 0.5) is 0 Å².